The third kappa shape index (κ3) is 46.9. The number of hydrogen-bond acceptors (Lipinski definition) is 4. The van der Waals surface area contributed by atoms with Crippen LogP contribution in [0.2, 0.25) is 0 Å². The Morgan fingerprint density at radius 2 is 1.59 bits per heavy atom. The zero-order valence-electron chi connectivity index (χ0n) is 12.0. The van der Waals surface area contributed by atoms with E-state index in [-0.39, 0.29) is 51.8 Å². The zero-order valence-corrected chi connectivity index (χ0v) is 13.9. The van der Waals surface area contributed by atoms with Crippen molar-refractivity contribution in [3.05, 3.63) is 0 Å². The Morgan fingerprint density at radius 3 is 1.65 bits per heavy atom. The normalized spacial score (nSPS) is 13.2. The Balaban J connectivity index is -0.0000000272. The first-order valence-corrected chi connectivity index (χ1v) is 4.30. The second-order valence-electron chi connectivity index (χ2n) is 2.14. The van der Waals surface area contributed by atoms with Crippen LogP contribution in [-0.4, -0.2) is 57.9 Å². The molecular weight excluding hydrogens is 252 g/mol. The summed E-state index contributed by atoms with van der Waals surface area (Å²) in [4.78, 5) is 10.3. The van der Waals surface area contributed by atoms with Crippen molar-refractivity contribution in [2.45, 2.75) is 12.8 Å². The third-order valence-corrected chi connectivity index (χ3v) is 1.24. The summed E-state index contributed by atoms with van der Waals surface area (Å²) in [6.45, 7) is 2.00. The van der Waals surface area contributed by atoms with Gasteiger partial charge in [0.15, 0.2) is 7.98 Å². The summed E-state index contributed by atoms with van der Waals surface area (Å²) in [6.07, 6.45) is 2.56. The number of hydroxylamine groups is 2. The Bertz CT molecular complexity index is 103. The molecule has 1 heterocycles. The van der Waals surface area contributed by atoms with E-state index in [0.717, 1.165) is 13.2 Å². The molecule has 101 valence electrons. The summed E-state index contributed by atoms with van der Waals surface area (Å²) < 4.78 is 4.94. The summed E-state index contributed by atoms with van der Waals surface area (Å²) in [5.41, 5.74) is 2.43. The van der Waals surface area contributed by atoms with Gasteiger partial charge in [-0.05, 0) is 12.8 Å². The van der Waals surface area contributed by atoms with Crippen LogP contribution in [0.3, 0.4) is 0 Å². The van der Waals surface area contributed by atoms with Crippen LogP contribution in [-0.2, 0) is 14.4 Å². The van der Waals surface area contributed by atoms with Crippen molar-refractivity contribution in [1.82, 2.24) is 5.48 Å². The van der Waals surface area contributed by atoms with E-state index in [1.807, 2.05) is 7.05 Å². The maximum atomic E-state index is 4.94. The number of rotatable bonds is 2. The van der Waals surface area contributed by atoms with Crippen molar-refractivity contribution in [3.8, 4) is 0 Å². The molecule has 0 saturated carbocycles. The Hall–Kier alpha value is 1.22. The first-order chi connectivity index (χ1) is 6.68. The smallest absolute Gasteiger partial charge is 1.00 e. The molecule has 1 saturated heterocycles. The largest absolute Gasteiger partial charge is 1.00 e. The molecule has 0 amide bonds. The van der Waals surface area contributed by atoms with Crippen LogP contribution < -0.4 is 40.0 Å². The van der Waals surface area contributed by atoms with Gasteiger partial charge < -0.3 is 16.0 Å². The zero-order chi connectivity index (χ0) is 11.2. The maximum absolute atomic E-state index is 4.94. The number of ether oxygens (including phenoxy) is 1. The molecule has 1 unspecified atom stereocenters. The molecule has 0 aliphatic carbocycles. The Morgan fingerprint density at radius 1 is 1.29 bits per heavy atom. The Kier molecular flexibility index (Phi) is 55.2. The molecule has 0 aromatic rings. The second kappa shape index (κ2) is 30.3. The molecule has 1 rings (SSSR count). The molecule has 3 radical (unpaired) electrons. The first kappa shape index (κ1) is 30.9. The molecule has 17 heavy (non-hydrogen) atoms. The van der Waals surface area contributed by atoms with E-state index in [9.17, 15) is 0 Å². The number of hydrogen-bond donors (Lipinski definition) is 2. The number of halogens is 1. The van der Waals surface area contributed by atoms with Gasteiger partial charge in [0, 0.05) is 28.7 Å². The van der Waals surface area contributed by atoms with Crippen LogP contribution in [0.4, 0.5) is 0 Å². The van der Waals surface area contributed by atoms with Gasteiger partial charge in [0.2, 0.25) is 0 Å². The fraction of sp³-hybridized carbons (Fsp3) is 1.00. The van der Waals surface area contributed by atoms with E-state index >= 15 is 0 Å². The van der Waals surface area contributed by atoms with E-state index in [1.165, 1.54) is 17.8 Å². The van der Waals surface area contributed by atoms with Crippen molar-refractivity contribution in [1.29, 1.82) is 0 Å². The van der Waals surface area contributed by atoms with Gasteiger partial charge in [-0.15, -0.1) is 12.4 Å². The van der Waals surface area contributed by atoms with Crippen LogP contribution >= 0.6 is 12.4 Å². The predicted molar refractivity (Wildman–Crippen MR) is 74.1 cm³/mol. The van der Waals surface area contributed by atoms with Crippen LogP contribution in [0.5, 0.6) is 0 Å². The van der Waals surface area contributed by atoms with Crippen LogP contribution in [0.1, 0.15) is 14.3 Å². The monoisotopic (exact) mass is 279 g/mol. The van der Waals surface area contributed by atoms with Crippen LogP contribution in [0.15, 0.2) is 0 Å². The molecule has 5 nitrogen and oxygen atoms in total. The number of nitrogens with one attached hydrogen (secondary N) is 2. The molecule has 1 atom stereocenters. The average Bonchev–Trinajstić information content (AvgIpc) is 2.76. The molecule has 0 spiro atoms. The molecule has 1 fully saturated rings. The minimum atomic E-state index is 0. The minimum absolute atomic E-state index is 0. The molecule has 0 aromatic carbocycles. The molecule has 0 bridgehead atoms. The summed E-state index contributed by atoms with van der Waals surface area (Å²) in [7, 11) is 7.41. The van der Waals surface area contributed by atoms with E-state index in [1.54, 1.807) is 21.3 Å². The van der Waals surface area contributed by atoms with Gasteiger partial charge in [0.05, 0.1) is 21.3 Å². The van der Waals surface area contributed by atoms with E-state index in [2.05, 4.69) is 10.3 Å². The average molecular weight is 279 g/mol. The molecule has 2 N–H and O–H groups in total. The van der Waals surface area contributed by atoms with Crippen molar-refractivity contribution < 1.29 is 50.4 Å². The van der Waals surface area contributed by atoms with Crippen LogP contribution in [0, 0.1) is 0 Å². The van der Waals surface area contributed by atoms with Gasteiger partial charge in [-0.3, -0.25) is 4.84 Å². The van der Waals surface area contributed by atoms with Gasteiger partial charge in [-0.1, -0.05) is 0 Å². The van der Waals surface area contributed by atoms with E-state index in [4.69, 9.17) is 9.57 Å². The Labute approximate surface area is 138 Å². The number of quaternary nitrogens is 1. The summed E-state index contributed by atoms with van der Waals surface area (Å²) >= 11 is 0. The van der Waals surface area contributed by atoms with Crippen molar-refractivity contribution in [2.75, 3.05) is 41.5 Å². The molecular formula is C8H27B2ClN2NaO3. The minimum Gasteiger partial charge on any atom is -1.00 e. The SMILES string of the molecule is C1CCOC1.CNOC.Cl.[BH3-][NH+](C)OC.[B].[H-].[Na+]. The summed E-state index contributed by atoms with van der Waals surface area (Å²) in [5.74, 6) is 0. The predicted octanol–water partition coefficient (Wildman–Crippen LogP) is -4.94. The van der Waals surface area contributed by atoms with E-state index in [0.29, 0.717) is 7.98 Å². The standard InChI is InChI=1S/C4H8O.C2H10BNO.C2H7NO.B.ClH.Na.H/c1-2-4-5-3-1;1-4(3)5-2;1-3-4-2;;;;/h1-4H2;4H,1-3H3;3H,1-2H3;;1H;;/q;;;;;+1;-1. The second-order valence-corrected chi connectivity index (χ2v) is 2.14. The fourth-order valence-corrected chi connectivity index (χ4v) is 0.510. The van der Waals surface area contributed by atoms with Gasteiger partial charge in [-0.2, -0.15) is 0 Å². The summed E-state index contributed by atoms with van der Waals surface area (Å²) in [6, 6.07) is 0. The molecule has 1 aliphatic rings. The van der Waals surface area contributed by atoms with Crippen molar-refractivity contribution in [3.63, 3.8) is 0 Å². The molecule has 0 aromatic heterocycles. The first-order valence-electron chi connectivity index (χ1n) is 4.30. The van der Waals surface area contributed by atoms with Crippen LogP contribution in [0.25, 0.3) is 0 Å². The molecule has 9 heteroatoms. The van der Waals surface area contributed by atoms with Gasteiger partial charge in [0.1, 0.15) is 0 Å². The quantitative estimate of drug-likeness (QED) is 0.393. The third-order valence-electron chi connectivity index (χ3n) is 1.24. The van der Waals surface area contributed by atoms with Crippen molar-refractivity contribution >= 4 is 28.8 Å². The maximum Gasteiger partial charge on any atom is 1.00 e. The van der Waals surface area contributed by atoms with Gasteiger partial charge in [0.25, 0.3) is 0 Å². The summed E-state index contributed by atoms with van der Waals surface area (Å²) in [5, 5.41) is 0. The van der Waals surface area contributed by atoms with Gasteiger partial charge >= 0.3 is 29.6 Å². The van der Waals surface area contributed by atoms with Gasteiger partial charge in [-0.25, -0.2) is 5.48 Å². The topological polar surface area (TPSA) is 44.2 Å². The van der Waals surface area contributed by atoms with Crippen molar-refractivity contribution in [2.24, 2.45) is 0 Å². The molecule has 1 aliphatic heterocycles. The van der Waals surface area contributed by atoms with E-state index < -0.39 is 0 Å². The fourth-order valence-electron chi connectivity index (χ4n) is 0.510.